The fourth-order valence-electron chi connectivity index (χ4n) is 2.71. The summed E-state index contributed by atoms with van der Waals surface area (Å²) in [5, 5.41) is 24.0. The van der Waals surface area contributed by atoms with Gasteiger partial charge in [-0.05, 0) is 24.3 Å². The number of nitrogens with zero attached hydrogens (tertiary/aromatic N) is 5. The Labute approximate surface area is 165 Å². The molecule has 3 aromatic heterocycles. The van der Waals surface area contributed by atoms with Gasteiger partial charge in [-0.15, -0.1) is 0 Å². The quantitative estimate of drug-likeness (QED) is 0.370. The van der Waals surface area contributed by atoms with Crippen molar-refractivity contribution in [3.63, 3.8) is 0 Å². The summed E-state index contributed by atoms with van der Waals surface area (Å²) in [4.78, 5) is 22.6. The zero-order chi connectivity index (χ0) is 20.7. The first-order valence-corrected chi connectivity index (χ1v) is 8.53. The minimum atomic E-state index is -0.691. The number of hydrogen-bond acceptors (Lipinski definition) is 7. The second-order valence-electron chi connectivity index (χ2n) is 5.96. The third-order valence-corrected chi connectivity index (χ3v) is 4.32. The molecule has 3 heterocycles. The van der Waals surface area contributed by atoms with Gasteiger partial charge in [0.2, 0.25) is 5.88 Å². The van der Waals surface area contributed by atoms with Crippen molar-refractivity contribution < 1.29 is 14.6 Å². The second kappa shape index (κ2) is 7.04. The first-order valence-electron chi connectivity index (χ1n) is 8.16. The normalized spacial score (nSPS) is 12.9. The van der Waals surface area contributed by atoms with Crippen molar-refractivity contribution in [1.82, 2.24) is 24.1 Å². The summed E-state index contributed by atoms with van der Waals surface area (Å²) >= 11 is 5.89. The van der Waals surface area contributed by atoms with Gasteiger partial charge in [0.25, 0.3) is 0 Å². The van der Waals surface area contributed by atoms with Crippen LogP contribution in [0.4, 0.5) is 15.9 Å². The van der Waals surface area contributed by atoms with Crippen LogP contribution in [0, 0.1) is 5.82 Å². The van der Waals surface area contributed by atoms with Crippen molar-refractivity contribution in [2.45, 2.75) is 6.73 Å². The highest BCUT2D eigenvalue weighted by Gasteiger charge is 2.11. The molecule has 4 aromatic rings. The maximum atomic E-state index is 14.0. The van der Waals surface area contributed by atoms with Gasteiger partial charge < -0.3 is 20.9 Å². The van der Waals surface area contributed by atoms with E-state index in [-0.39, 0.29) is 28.3 Å². The molecule has 0 spiro atoms. The lowest BCUT2D eigenvalue weighted by atomic mass is 10.3. The number of fused-ring (bicyclic) bond motifs is 1. The molecule has 12 heteroatoms. The SMILES string of the molecule is Nc1cc(=Nc2cc(Cl)ccc2F)nc2c(=Cc3[nH]c(=O)n(CO)c3O)cnn12. The molecule has 0 unspecified atom stereocenters. The smallest absolute Gasteiger partial charge is 0.330 e. The number of H-pyrrole nitrogens is 1. The molecule has 5 N–H and O–H groups in total. The van der Waals surface area contributed by atoms with Crippen molar-refractivity contribution in [2.75, 3.05) is 5.73 Å². The molecule has 0 bridgehead atoms. The van der Waals surface area contributed by atoms with Crippen LogP contribution in [0.5, 0.6) is 5.88 Å². The highest BCUT2D eigenvalue weighted by atomic mass is 35.5. The van der Waals surface area contributed by atoms with Crippen molar-refractivity contribution in [1.29, 1.82) is 0 Å². The molecule has 0 saturated carbocycles. The summed E-state index contributed by atoms with van der Waals surface area (Å²) < 4.78 is 16.0. The molecule has 0 saturated heterocycles. The van der Waals surface area contributed by atoms with Gasteiger partial charge in [0, 0.05) is 16.3 Å². The number of anilines is 1. The van der Waals surface area contributed by atoms with E-state index in [1.807, 2.05) is 0 Å². The summed E-state index contributed by atoms with van der Waals surface area (Å²) in [7, 11) is 0. The Balaban J connectivity index is 1.94. The van der Waals surface area contributed by atoms with Crippen LogP contribution in [0.3, 0.4) is 0 Å². The first kappa shape index (κ1) is 18.7. The molecule has 0 radical (unpaired) electrons. The Morgan fingerprint density at radius 2 is 2.17 bits per heavy atom. The molecular weight excluding hydrogens is 405 g/mol. The molecule has 0 fully saturated rings. The maximum absolute atomic E-state index is 14.0. The van der Waals surface area contributed by atoms with E-state index in [0.29, 0.717) is 10.2 Å². The van der Waals surface area contributed by atoms with Crippen LogP contribution in [-0.2, 0) is 6.73 Å². The summed E-state index contributed by atoms with van der Waals surface area (Å²) in [5.74, 6) is -0.851. The molecule has 4 rings (SSSR count). The van der Waals surface area contributed by atoms with E-state index in [2.05, 4.69) is 20.1 Å². The largest absolute Gasteiger partial charge is 0.493 e. The Kier molecular flexibility index (Phi) is 4.53. The van der Waals surface area contributed by atoms with E-state index in [9.17, 15) is 14.3 Å². The predicted octanol–water partition coefficient (Wildman–Crippen LogP) is 0.0293. The fraction of sp³-hybridized carbons (Fsp3) is 0.0588. The molecular formula is C17H13ClFN7O3. The monoisotopic (exact) mass is 417 g/mol. The second-order valence-corrected chi connectivity index (χ2v) is 6.40. The van der Waals surface area contributed by atoms with Gasteiger partial charge in [0.1, 0.15) is 29.7 Å². The van der Waals surface area contributed by atoms with Crippen molar-refractivity contribution in [2.24, 2.45) is 4.99 Å². The highest BCUT2D eigenvalue weighted by molar-refractivity contribution is 6.30. The Morgan fingerprint density at radius 3 is 2.90 bits per heavy atom. The number of nitrogens with two attached hydrogens (primary N) is 1. The number of nitrogen functional groups attached to an aromatic ring is 1. The number of aromatic hydroxyl groups is 1. The summed E-state index contributed by atoms with van der Waals surface area (Å²) in [5.41, 5.74) is 5.69. The van der Waals surface area contributed by atoms with Crippen LogP contribution in [0.1, 0.15) is 5.69 Å². The molecule has 0 atom stereocenters. The van der Waals surface area contributed by atoms with Crippen LogP contribution in [0.2, 0.25) is 5.02 Å². The van der Waals surface area contributed by atoms with E-state index in [1.165, 1.54) is 41.1 Å². The number of aromatic amines is 1. The van der Waals surface area contributed by atoms with Crippen LogP contribution < -0.4 is 22.1 Å². The number of hydrogen-bond donors (Lipinski definition) is 4. The van der Waals surface area contributed by atoms with E-state index in [1.54, 1.807) is 0 Å². The third-order valence-electron chi connectivity index (χ3n) is 4.08. The number of halogens is 2. The van der Waals surface area contributed by atoms with Gasteiger partial charge in [0.05, 0.1) is 6.20 Å². The summed E-state index contributed by atoms with van der Waals surface area (Å²) in [6.07, 6.45) is 2.82. The molecule has 10 nitrogen and oxygen atoms in total. The van der Waals surface area contributed by atoms with Gasteiger partial charge in [-0.1, -0.05) is 11.6 Å². The van der Waals surface area contributed by atoms with Gasteiger partial charge in [-0.2, -0.15) is 9.61 Å². The lowest BCUT2D eigenvalue weighted by Gasteiger charge is -2.00. The molecule has 0 aliphatic carbocycles. The number of benzene rings is 1. The Bertz CT molecular complexity index is 1420. The van der Waals surface area contributed by atoms with Crippen LogP contribution >= 0.6 is 11.6 Å². The Hall–Kier alpha value is -3.70. The zero-order valence-electron chi connectivity index (χ0n) is 14.5. The summed E-state index contributed by atoms with van der Waals surface area (Å²) in [6, 6.07) is 5.34. The minimum absolute atomic E-state index is 0.0132. The zero-order valence-corrected chi connectivity index (χ0v) is 15.3. The Morgan fingerprint density at radius 1 is 1.38 bits per heavy atom. The van der Waals surface area contributed by atoms with E-state index >= 15 is 0 Å². The standard InChI is InChI=1S/C17H13ClFN7O3/c18-9-1-2-10(19)11(4-9)22-14-5-13(20)26-15(24-14)8(6-21-26)3-12-16(28)25(7-27)17(29)23-12/h1-6,27-28H,7,20H2,(H,23,29). The lowest BCUT2D eigenvalue weighted by molar-refractivity contribution is 0.192. The first-order chi connectivity index (χ1) is 13.9. The number of imidazole rings is 1. The number of aliphatic hydroxyl groups excluding tert-OH is 1. The number of rotatable bonds is 3. The van der Waals surface area contributed by atoms with Crippen molar-refractivity contribution in [3.8, 4) is 5.88 Å². The molecule has 29 heavy (non-hydrogen) atoms. The van der Waals surface area contributed by atoms with Crippen LogP contribution in [0.15, 0.2) is 40.2 Å². The molecule has 1 aromatic carbocycles. The fourth-order valence-corrected chi connectivity index (χ4v) is 2.88. The van der Waals surface area contributed by atoms with Gasteiger partial charge in [-0.25, -0.2) is 23.7 Å². The number of aliphatic hydroxyl groups is 1. The third kappa shape index (κ3) is 3.32. The van der Waals surface area contributed by atoms with Gasteiger partial charge in [-0.3, -0.25) is 0 Å². The van der Waals surface area contributed by atoms with E-state index in [0.717, 1.165) is 4.57 Å². The number of nitrogens with one attached hydrogen (secondary N) is 1. The van der Waals surface area contributed by atoms with Crippen molar-refractivity contribution >= 4 is 34.8 Å². The average molecular weight is 418 g/mol. The lowest BCUT2D eigenvalue weighted by Crippen LogP contribution is -2.16. The van der Waals surface area contributed by atoms with Gasteiger partial charge in [0.15, 0.2) is 11.1 Å². The molecule has 148 valence electrons. The summed E-state index contributed by atoms with van der Waals surface area (Å²) in [6.45, 7) is -0.691. The molecule has 0 aliphatic heterocycles. The maximum Gasteiger partial charge on any atom is 0.330 e. The van der Waals surface area contributed by atoms with Gasteiger partial charge >= 0.3 is 5.69 Å². The minimum Gasteiger partial charge on any atom is -0.493 e. The van der Waals surface area contributed by atoms with Crippen LogP contribution in [0.25, 0.3) is 11.7 Å². The predicted molar refractivity (Wildman–Crippen MR) is 102 cm³/mol. The van der Waals surface area contributed by atoms with E-state index < -0.39 is 24.1 Å². The topological polar surface area (TPSA) is 147 Å². The molecule has 0 aliphatic rings. The number of aromatic nitrogens is 5. The van der Waals surface area contributed by atoms with Crippen LogP contribution in [-0.4, -0.2) is 34.4 Å². The average Bonchev–Trinajstić information content (AvgIpc) is 3.19. The molecule has 0 amide bonds. The highest BCUT2D eigenvalue weighted by Crippen LogP contribution is 2.21. The van der Waals surface area contributed by atoms with E-state index in [4.69, 9.17) is 22.4 Å². The van der Waals surface area contributed by atoms with Crippen molar-refractivity contribution in [3.05, 3.63) is 68.2 Å².